The van der Waals surface area contributed by atoms with Gasteiger partial charge in [0, 0.05) is 23.1 Å². The van der Waals surface area contributed by atoms with Gasteiger partial charge in [-0.05, 0) is 50.2 Å². The van der Waals surface area contributed by atoms with E-state index in [1.165, 1.54) is 26.4 Å². The van der Waals surface area contributed by atoms with Gasteiger partial charge in [-0.2, -0.15) is 0 Å². The number of methoxy groups -OCH3 is 2. The molecule has 0 fully saturated rings. The van der Waals surface area contributed by atoms with E-state index in [0.29, 0.717) is 28.8 Å². The molecule has 0 unspecified atom stereocenters. The van der Waals surface area contributed by atoms with Gasteiger partial charge in [-0.3, -0.25) is 4.72 Å². The van der Waals surface area contributed by atoms with Crippen LogP contribution in [0.2, 0.25) is 0 Å². The molecular formula is C20H22N4O4S. The van der Waals surface area contributed by atoms with Gasteiger partial charge < -0.3 is 14.8 Å². The van der Waals surface area contributed by atoms with Gasteiger partial charge in [-0.1, -0.05) is 6.07 Å². The molecule has 9 heteroatoms. The smallest absolute Gasteiger partial charge is 0.262 e. The van der Waals surface area contributed by atoms with Crippen molar-refractivity contribution in [3.8, 4) is 11.5 Å². The molecule has 152 valence electrons. The minimum absolute atomic E-state index is 0.0613. The Bertz CT molecular complexity index is 1110. The maximum atomic E-state index is 12.8. The zero-order chi connectivity index (χ0) is 21.0. The lowest BCUT2D eigenvalue weighted by atomic mass is 10.3. The third-order valence-corrected chi connectivity index (χ3v) is 5.40. The Morgan fingerprint density at radius 2 is 1.48 bits per heavy atom. The van der Waals surface area contributed by atoms with E-state index in [4.69, 9.17) is 9.47 Å². The zero-order valence-corrected chi connectivity index (χ0v) is 17.4. The number of hydrogen-bond acceptors (Lipinski definition) is 7. The predicted molar refractivity (Wildman–Crippen MR) is 112 cm³/mol. The van der Waals surface area contributed by atoms with Crippen LogP contribution in [0, 0.1) is 13.8 Å². The summed E-state index contributed by atoms with van der Waals surface area (Å²) >= 11 is 0. The van der Waals surface area contributed by atoms with Gasteiger partial charge in [0.15, 0.2) is 11.5 Å². The van der Waals surface area contributed by atoms with Crippen LogP contribution in [0.25, 0.3) is 0 Å². The number of ether oxygens (including phenoxy) is 2. The Kier molecular flexibility index (Phi) is 5.88. The SMILES string of the molecule is COc1ccc(S(=O)(=O)Nc2cccc(Nc3nc(C)cc(C)n3)c2)cc1OC. The van der Waals surface area contributed by atoms with Gasteiger partial charge in [0.25, 0.3) is 10.0 Å². The van der Waals surface area contributed by atoms with Crippen LogP contribution in [-0.4, -0.2) is 32.6 Å². The predicted octanol–water partition coefficient (Wildman–Crippen LogP) is 3.66. The molecule has 0 radical (unpaired) electrons. The molecule has 0 amide bonds. The van der Waals surface area contributed by atoms with Crippen molar-refractivity contribution in [1.82, 2.24) is 9.97 Å². The minimum Gasteiger partial charge on any atom is -0.493 e. The molecule has 8 nitrogen and oxygen atoms in total. The quantitative estimate of drug-likeness (QED) is 0.608. The van der Waals surface area contributed by atoms with E-state index in [0.717, 1.165) is 11.4 Å². The highest BCUT2D eigenvalue weighted by Gasteiger charge is 2.17. The number of anilines is 3. The van der Waals surface area contributed by atoms with E-state index in [9.17, 15) is 8.42 Å². The summed E-state index contributed by atoms with van der Waals surface area (Å²) in [5.74, 6) is 1.23. The minimum atomic E-state index is -3.82. The molecule has 2 aromatic carbocycles. The molecule has 0 saturated carbocycles. The van der Waals surface area contributed by atoms with Crippen molar-refractivity contribution in [2.45, 2.75) is 18.7 Å². The van der Waals surface area contributed by atoms with Gasteiger partial charge in [-0.25, -0.2) is 18.4 Å². The molecule has 3 aromatic rings. The highest BCUT2D eigenvalue weighted by molar-refractivity contribution is 7.92. The number of benzene rings is 2. The first-order valence-electron chi connectivity index (χ1n) is 8.75. The van der Waals surface area contributed by atoms with Crippen LogP contribution < -0.4 is 19.5 Å². The molecule has 1 heterocycles. The number of aryl methyl sites for hydroxylation is 2. The second kappa shape index (κ2) is 8.36. The van der Waals surface area contributed by atoms with E-state index in [-0.39, 0.29) is 4.90 Å². The van der Waals surface area contributed by atoms with Gasteiger partial charge in [0.05, 0.1) is 24.8 Å². The first kappa shape index (κ1) is 20.4. The van der Waals surface area contributed by atoms with E-state index in [1.807, 2.05) is 19.9 Å². The largest absolute Gasteiger partial charge is 0.493 e. The van der Waals surface area contributed by atoms with Crippen molar-refractivity contribution in [1.29, 1.82) is 0 Å². The summed E-state index contributed by atoms with van der Waals surface area (Å²) in [5.41, 5.74) is 2.73. The van der Waals surface area contributed by atoms with Gasteiger partial charge >= 0.3 is 0 Å². The lowest BCUT2D eigenvalue weighted by Crippen LogP contribution is -2.13. The van der Waals surface area contributed by atoms with Gasteiger partial charge in [0.1, 0.15) is 0 Å². The van der Waals surface area contributed by atoms with Crippen molar-refractivity contribution < 1.29 is 17.9 Å². The fourth-order valence-corrected chi connectivity index (χ4v) is 3.83. The van der Waals surface area contributed by atoms with E-state index in [2.05, 4.69) is 20.0 Å². The van der Waals surface area contributed by atoms with Crippen molar-refractivity contribution in [2.24, 2.45) is 0 Å². The zero-order valence-electron chi connectivity index (χ0n) is 16.6. The maximum absolute atomic E-state index is 12.8. The van der Waals surface area contributed by atoms with Crippen molar-refractivity contribution in [2.75, 3.05) is 24.3 Å². The van der Waals surface area contributed by atoms with Gasteiger partial charge in [-0.15, -0.1) is 0 Å². The number of nitrogens with one attached hydrogen (secondary N) is 2. The number of sulfonamides is 1. The second-order valence-corrected chi connectivity index (χ2v) is 7.98. The van der Waals surface area contributed by atoms with Crippen LogP contribution in [0.4, 0.5) is 17.3 Å². The third-order valence-electron chi connectivity index (χ3n) is 4.02. The molecule has 0 aliphatic heterocycles. The molecule has 0 saturated heterocycles. The highest BCUT2D eigenvalue weighted by Crippen LogP contribution is 2.30. The van der Waals surface area contributed by atoms with E-state index in [1.54, 1.807) is 30.3 Å². The summed E-state index contributed by atoms with van der Waals surface area (Å²) in [7, 11) is -0.880. The molecule has 0 aliphatic carbocycles. The Labute approximate surface area is 170 Å². The Morgan fingerprint density at radius 1 is 0.828 bits per heavy atom. The molecule has 0 spiro atoms. The van der Waals surface area contributed by atoms with Gasteiger partial charge in [0.2, 0.25) is 5.95 Å². The number of hydrogen-bond donors (Lipinski definition) is 2. The molecular weight excluding hydrogens is 392 g/mol. The summed E-state index contributed by atoms with van der Waals surface area (Å²) in [6, 6.07) is 13.1. The first-order chi connectivity index (χ1) is 13.8. The summed E-state index contributed by atoms with van der Waals surface area (Å²) in [6.07, 6.45) is 0. The lowest BCUT2D eigenvalue weighted by molar-refractivity contribution is 0.354. The standard InChI is InChI=1S/C20H22N4O4S/c1-13-10-14(2)22-20(21-13)23-15-6-5-7-16(11-15)24-29(25,26)17-8-9-18(27-3)19(12-17)28-4/h5-12,24H,1-4H3,(H,21,22,23). The van der Waals surface area contributed by atoms with Crippen LogP contribution in [0.1, 0.15) is 11.4 Å². The van der Waals surface area contributed by atoms with Crippen LogP contribution >= 0.6 is 0 Å². The molecule has 29 heavy (non-hydrogen) atoms. The average molecular weight is 414 g/mol. The topological polar surface area (TPSA) is 102 Å². The molecule has 2 N–H and O–H groups in total. The molecule has 0 aliphatic rings. The number of aromatic nitrogens is 2. The first-order valence-corrected chi connectivity index (χ1v) is 10.2. The Balaban J connectivity index is 1.84. The third kappa shape index (κ3) is 4.94. The second-order valence-electron chi connectivity index (χ2n) is 6.30. The highest BCUT2D eigenvalue weighted by atomic mass is 32.2. The molecule has 0 atom stereocenters. The summed E-state index contributed by atoms with van der Waals surface area (Å²) in [6.45, 7) is 3.76. The average Bonchev–Trinajstić information content (AvgIpc) is 2.66. The van der Waals surface area contributed by atoms with Crippen LogP contribution in [0.15, 0.2) is 53.4 Å². The number of nitrogens with zero attached hydrogens (tertiary/aromatic N) is 2. The number of rotatable bonds is 7. The van der Waals surface area contributed by atoms with Crippen LogP contribution in [0.3, 0.4) is 0 Å². The van der Waals surface area contributed by atoms with Crippen molar-refractivity contribution in [3.05, 3.63) is 59.9 Å². The monoisotopic (exact) mass is 414 g/mol. The Hall–Kier alpha value is -3.33. The summed E-state index contributed by atoms with van der Waals surface area (Å²) in [4.78, 5) is 8.72. The lowest BCUT2D eigenvalue weighted by Gasteiger charge is -2.13. The van der Waals surface area contributed by atoms with Crippen LogP contribution in [0.5, 0.6) is 11.5 Å². The van der Waals surface area contributed by atoms with Crippen molar-refractivity contribution in [3.63, 3.8) is 0 Å². The Morgan fingerprint density at radius 3 is 2.14 bits per heavy atom. The van der Waals surface area contributed by atoms with E-state index < -0.39 is 10.0 Å². The fourth-order valence-electron chi connectivity index (χ4n) is 2.77. The fraction of sp³-hybridized carbons (Fsp3) is 0.200. The van der Waals surface area contributed by atoms with Crippen molar-refractivity contribution >= 4 is 27.3 Å². The van der Waals surface area contributed by atoms with E-state index >= 15 is 0 Å². The van der Waals surface area contributed by atoms with Crippen LogP contribution in [-0.2, 0) is 10.0 Å². The molecule has 3 rings (SSSR count). The normalized spacial score (nSPS) is 11.0. The summed E-state index contributed by atoms with van der Waals surface area (Å²) < 4.78 is 38.5. The maximum Gasteiger partial charge on any atom is 0.262 e. The molecule has 1 aromatic heterocycles. The molecule has 0 bridgehead atoms. The summed E-state index contributed by atoms with van der Waals surface area (Å²) in [5, 5.41) is 3.09.